The van der Waals surface area contributed by atoms with Crippen LogP contribution in [0, 0.1) is 0 Å². The monoisotopic (exact) mass is 260 g/mol. The van der Waals surface area contributed by atoms with E-state index in [2.05, 4.69) is 10.3 Å². The first kappa shape index (κ1) is 13.1. The van der Waals surface area contributed by atoms with Crippen LogP contribution in [-0.2, 0) is 0 Å². The van der Waals surface area contributed by atoms with Gasteiger partial charge in [0.05, 0.1) is 10.6 Å². The maximum Gasteiger partial charge on any atom is 0.337 e. The number of aromatic nitrogens is 1. The first-order valence-electron chi connectivity index (χ1n) is 4.77. The van der Waals surface area contributed by atoms with Crippen LogP contribution < -0.4 is 5.32 Å². The normalized spacial score (nSPS) is 10.1. The van der Waals surface area contributed by atoms with Crippen LogP contribution in [0.3, 0.4) is 0 Å². The van der Waals surface area contributed by atoms with E-state index < -0.39 is 5.97 Å². The highest BCUT2D eigenvalue weighted by Gasteiger charge is 2.12. The molecule has 0 bridgehead atoms. The molecule has 1 rings (SSSR count). The zero-order chi connectivity index (χ0) is 12.0. The second-order valence-electron chi connectivity index (χ2n) is 3.10. The summed E-state index contributed by atoms with van der Waals surface area (Å²) in [7, 11) is 0. The van der Waals surface area contributed by atoms with Crippen molar-refractivity contribution in [1.82, 2.24) is 4.98 Å². The van der Waals surface area contributed by atoms with Gasteiger partial charge in [0.1, 0.15) is 5.82 Å². The maximum atomic E-state index is 10.8. The van der Waals surface area contributed by atoms with Crippen LogP contribution >= 0.6 is 23.4 Å². The largest absolute Gasteiger partial charge is 0.478 e. The van der Waals surface area contributed by atoms with E-state index in [1.54, 1.807) is 11.8 Å². The number of rotatable bonds is 6. The summed E-state index contributed by atoms with van der Waals surface area (Å²) >= 11 is 7.67. The molecule has 4 nitrogen and oxygen atoms in total. The molecule has 0 saturated heterocycles. The summed E-state index contributed by atoms with van der Waals surface area (Å²) in [6, 6.07) is 1.39. The van der Waals surface area contributed by atoms with Crippen molar-refractivity contribution in [3.63, 3.8) is 0 Å². The molecule has 88 valence electrons. The highest BCUT2D eigenvalue weighted by atomic mass is 35.5. The minimum absolute atomic E-state index is 0.0732. The molecule has 0 atom stereocenters. The van der Waals surface area contributed by atoms with E-state index in [9.17, 15) is 4.79 Å². The van der Waals surface area contributed by atoms with Crippen molar-refractivity contribution in [2.75, 3.05) is 23.9 Å². The van der Waals surface area contributed by atoms with Gasteiger partial charge < -0.3 is 10.4 Å². The van der Waals surface area contributed by atoms with Gasteiger partial charge in [0.25, 0.3) is 0 Å². The smallest absolute Gasteiger partial charge is 0.337 e. The van der Waals surface area contributed by atoms with E-state index in [0.717, 1.165) is 18.7 Å². The van der Waals surface area contributed by atoms with Crippen molar-refractivity contribution in [1.29, 1.82) is 0 Å². The van der Waals surface area contributed by atoms with Crippen LogP contribution in [0.4, 0.5) is 5.82 Å². The van der Waals surface area contributed by atoms with Gasteiger partial charge in [-0.2, -0.15) is 11.8 Å². The molecule has 0 saturated carbocycles. The van der Waals surface area contributed by atoms with Gasteiger partial charge in [-0.15, -0.1) is 0 Å². The second-order valence-corrected chi connectivity index (χ2v) is 4.46. The van der Waals surface area contributed by atoms with Crippen LogP contribution in [0.5, 0.6) is 0 Å². The highest BCUT2D eigenvalue weighted by Crippen LogP contribution is 2.23. The topological polar surface area (TPSA) is 62.2 Å². The lowest BCUT2D eigenvalue weighted by Crippen LogP contribution is -2.07. The van der Waals surface area contributed by atoms with Gasteiger partial charge in [0.2, 0.25) is 0 Å². The van der Waals surface area contributed by atoms with E-state index >= 15 is 0 Å². The molecule has 0 aromatic carbocycles. The number of pyridine rings is 1. The van der Waals surface area contributed by atoms with E-state index in [4.69, 9.17) is 16.7 Å². The number of thioether (sulfide) groups is 1. The Labute approximate surface area is 103 Å². The third-order valence-electron chi connectivity index (χ3n) is 1.94. The number of carbonyl (C=O) groups is 1. The van der Waals surface area contributed by atoms with Crippen molar-refractivity contribution in [2.24, 2.45) is 0 Å². The number of hydrogen-bond donors (Lipinski definition) is 2. The van der Waals surface area contributed by atoms with Crippen LogP contribution in [-0.4, -0.2) is 34.6 Å². The third-order valence-corrected chi connectivity index (χ3v) is 3.02. The fourth-order valence-corrected chi connectivity index (χ4v) is 1.85. The number of hydrogen-bond acceptors (Lipinski definition) is 4. The van der Waals surface area contributed by atoms with Gasteiger partial charge in [-0.25, -0.2) is 9.78 Å². The van der Waals surface area contributed by atoms with Crippen LogP contribution in [0.15, 0.2) is 12.3 Å². The first-order chi connectivity index (χ1) is 7.66. The summed E-state index contributed by atoms with van der Waals surface area (Å²) in [4.78, 5) is 14.8. The van der Waals surface area contributed by atoms with Crippen LogP contribution in [0.1, 0.15) is 16.8 Å². The Bertz CT molecular complexity index is 374. The van der Waals surface area contributed by atoms with Crippen molar-refractivity contribution in [3.05, 3.63) is 22.8 Å². The van der Waals surface area contributed by atoms with E-state index in [1.165, 1.54) is 12.3 Å². The van der Waals surface area contributed by atoms with E-state index in [-0.39, 0.29) is 10.6 Å². The Hall–Kier alpha value is -0.940. The first-order valence-corrected chi connectivity index (χ1v) is 6.54. The van der Waals surface area contributed by atoms with E-state index in [0.29, 0.717) is 5.82 Å². The molecular formula is C10H13ClN2O2S. The predicted octanol–water partition coefficient (Wildman–Crippen LogP) is 2.60. The lowest BCUT2D eigenvalue weighted by atomic mass is 10.2. The molecule has 0 fully saturated rings. The quantitative estimate of drug-likeness (QED) is 0.770. The molecule has 1 aromatic rings. The van der Waals surface area contributed by atoms with Gasteiger partial charge in [-0.1, -0.05) is 11.6 Å². The Balaban J connectivity index is 2.66. The van der Waals surface area contributed by atoms with Crippen LogP contribution in [0.25, 0.3) is 0 Å². The summed E-state index contributed by atoms with van der Waals surface area (Å²) in [5.41, 5.74) is 0.0732. The molecule has 6 heteroatoms. The maximum absolute atomic E-state index is 10.8. The van der Waals surface area contributed by atoms with E-state index in [1.807, 2.05) is 6.26 Å². The number of aromatic carboxylic acids is 1. The fourth-order valence-electron chi connectivity index (χ4n) is 1.16. The summed E-state index contributed by atoms with van der Waals surface area (Å²) in [5, 5.41) is 12.0. The van der Waals surface area contributed by atoms with Crippen molar-refractivity contribution < 1.29 is 9.90 Å². The Morgan fingerprint density at radius 2 is 2.44 bits per heavy atom. The minimum atomic E-state index is -1.04. The molecule has 0 unspecified atom stereocenters. The number of nitrogens with one attached hydrogen (secondary N) is 1. The molecule has 0 spiro atoms. The SMILES string of the molecule is CSCCCNc1nccc(C(=O)O)c1Cl. The molecule has 16 heavy (non-hydrogen) atoms. The van der Waals surface area contributed by atoms with Crippen molar-refractivity contribution in [2.45, 2.75) is 6.42 Å². The number of nitrogens with zero attached hydrogens (tertiary/aromatic N) is 1. The standard InChI is InChI=1S/C10H13ClN2O2S/c1-16-6-2-4-12-9-8(11)7(10(14)15)3-5-13-9/h3,5H,2,4,6H2,1H3,(H,12,13)(H,14,15). The lowest BCUT2D eigenvalue weighted by Gasteiger charge is -2.08. The van der Waals surface area contributed by atoms with Crippen LogP contribution in [0.2, 0.25) is 5.02 Å². The van der Waals surface area contributed by atoms with Gasteiger partial charge in [-0.05, 0) is 24.5 Å². The van der Waals surface area contributed by atoms with Crippen molar-refractivity contribution in [3.8, 4) is 0 Å². The summed E-state index contributed by atoms with van der Waals surface area (Å²) in [6.45, 7) is 0.733. The van der Waals surface area contributed by atoms with Gasteiger partial charge in [0, 0.05) is 12.7 Å². The number of anilines is 1. The highest BCUT2D eigenvalue weighted by molar-refractivity contribution is 7.98. The average molecular weight is 261 g/mol. The average Bonchev–Trinajstić information content (AvgIpc) is 2.26. The molecule has 2 N–H and O–H groups in total. The molecule has 0 radical (unpaired) electrons. The zero-order valence-corrected chi connectivity index (χ0v) is 10.4. The number of carboxylic acid groups (broad SMARTS) is 1. The van der Waals surface area contributed by atoms with Crippen molar-refractivity contribution >= 4 is 35.1 Å². The molecular weight excluding hydrogens is 248 g/mol. The zero-order valence-electron chi connectivity index (χ0n) is 8.86. The number of carboxylic acids is 1. The molecule has 1 heterocycles. The van der Waals surface area contributed by atoms with Gasteiger partial charge in [0.15, 0.2) is 0 Å². The minimum Gasteiger partial charge on any atom is -0.478 e. The molecule has 0 aliphatic carbocycles. The summed E-state index contributed by atoms with van der Waals surface area (Å²) < 4.78 is 0. The Morgan fingerprint density at radius 1 is 1.69 bits per heavy atom. The lowest BCUT2D eigenvalue weighted by molar-refractivity contribution is 0.0697. The summed E-state index contributed by atoms with van der Waals surface area (Å²) in [6.07, 6.45) is 4.46. The predicted molar refractivity (Wildman–Crippen MR) is 67.7 cm³/mol. The fraction of sp³-hybridized carbons (Fsp3) is 0.400. The molecule has 0 aliphatic rings. The van der Waals surface area contributed by atoms with Gasteiger partial charge in [-0.3, -0.25) is 0 Å². The Kier molecular flexibility index (Phi) is 5.42. The molecule has 1 aromatic heterocycles. The molecule has 0 amide bonds. The third kappa shape index (κ3) is 3.57. The summed E-state index contributed by atoms with van der Waals surface area (Å²) in [5.74, 6) is 0.436. The second kappa shape index (κ2) is 6.60. The number of halogens is 1. The Morgan fingerprint density at radius 3 is 3.06 bits per heavy atom. The van der Waals surface area contributed by atoms with Gasteiger partial charge >= 0.3 is 5.97 Å². The molecule has 0 aliphatic heterocycles.